The summed E-state index contributed by atoms with van der Waals surface area (Å²) < 4.78 is 16.5. The highest BCUT2D eigenvalue weighted by molar-refractivity contribution is 5.89. The Morgan fingerprint density at radius 1 is 1.09 bits per heavy atom. The van der Waals surface area contributed by atoms with Gasteiger partial charge in [0.05, 0.1) is 44.3 Å². The minimum absolute atomic E-state index is 0.0822. The molecule has 4 rings (SSSR count). The predicted octanol–water partition coefficient (Wildman–Crippen LogP) is 3.93. The molecule has 33 heavy (non-hydrogen) atoms. The number of ether oxygens (including phenoxy) is 3. The van der Waals surface area contributed by atoms with Gasteiger partial charge in [-0.1, -0.05) is 6.07 Å². The standard InChI is InChI=1S/C24H27N5O4/c1-15(2)33-23-20-14-29(24(30)26-17-6-5-7-18(11-17)31-3)9-8-21(20)27-22(28-23)16-10-19(32-4)13-25-12-16/h5-7,10-13,15H,8-9,14H2,1-4H3,(H,26,30). The molecule has 172 valence electrons. The summed E-state index contributed by atoms with van der Waals surface area (Å²) in [6.45, 7) is 4.76. The molecule has 0 atom stereocenters. The highest BCUT2D eigenvalue weighted by Gasteiger charge is 2.27. The van der Waals surface area contributed by atoms with Crippen molar-refractivity contribution < 1.29 is 19.0 Å². The number of benzene rings is 1. The van der Waals surface area contributed by atoms with Crippen molar-refractivity contribution in [3.63, 3.8) is 0 Å². The van der Waals surface area contributed by atoms with Crippen molar-refractivity contribution in [2.75, 3.05) is 26.1 Å². The lowest BCUT2D eigenvalue weighted by Gasteiger charge is -2.30. The summed E-state index contributed by atoms with van der Waals surface area (Å²) >= 11 is 0. The third kappa shape index (κ3) is 5.14. The Bertz CT molecular complexity index is 1150. The molecule has 0 radical (unpaired) electrons. The molecule has 0 spiro atoms. The van der Waals surface area contributed by atoms with Crippen LogP contribution in [0.3, 0.4) is 0 Å². The molecule has 0 saturated carbocycles. The number of fused-ring (bicyclic) bond motifs is 1. The maximum Gasteiger partial charge on any atom is 0.322 e. The second kappa shape index (κ2) is 9.72. The Kier molecular flexibility index (Phi) is 6.58. The average molecular weight is 450 g/mol. The van der Waals surface area contributed by atoms with Gasteiger partial charge in [0, 0.05) is 36.5 Å². The van der Waals surface area contributed by atoms with Gasteiger partial charge in [0.2, 0.25) is 5.88 Å². The van der Waals surface area contributed by atoms with Gasteiger partial charge < -0.3 is 24.4 Å². The molecular weight excluding hydrogens is 422 g/mol. The summed E-state index contributed by atoms with van der Waals surface area (Å²) in [5.41, 5.74) is 3.09. The van der Waals surface area contributed by atoms with Crippen molar-refractivity contribution in [2.45, 2.75) is 32.9 Å². The fourth-order valence-corrected chi connectivity index (χ4v) is 3.56. The van der Waals surface area contributed by atoms with Gasteiger partial charge >= 0.3 is 6.03 Å². The number of anilines is 1. The summed E-state index contributed by atoms with van der Waals surface area (Å²) in [5, 5.41) is 2.93. The van der Waals surface area contributed by atoms with E-state index in [1.54, 1.807) is 37.6 Å². The molecule has 0 fully saturated rings. The van der Waals surface area contributed by atoms with Crippen LogP contribution in [0.5, 0.6) is 17.4 Å². The molecule has 0 bridgehead atoms. The molecule has 9 nitrogen and oxygen atoms in total. The fourth-order valence-electron chi connectivity index (χ4n) is 3.56. The van der Waals surface area contributed by atoms with E-state index in [1.807, 2.05) is 38.1 Å². The lowest BCUT2D eigenvalue weighted by molar-refractivity contribution is 0.198. The molecule has 3 heterocycles. The minimum atomic E-state index is -0.203. The molecule has 9 heteroatoms. The largest absolute Gasteiger partial charge is 0.497 e. The second-order valence-corrected chi connectivity index (χ2v) is 7.89. The van der Waals surface area contributed by atoms with Gasteiger partial charge in [-0.05, 0) is 32.0 Å². The Morgan fingerprint density at radius 2 is 1.91 bits per heavy atom. The summed E-state index contributed by atoms with van der Waals surface area (Å²) in [6, 6.07) is 8.89. The van der Waals surface area contributed by atoms with Crippen molar-refractivity contribution in [1.82, 2.24) is 19.9 Å². The Morgan fingerprint density at radius 3 is 2.67 bits per heavy atom. The Balaban J connectivity index is 1.60. The number of nitrogens with one attached hydrogen (secondary N) is 1. The van der Waals surface area contributed by atoms with Gasteiger partial charge in [0.15, 0.2) is 5.82 Å². The normalized spacial score (nSPS) is 12.8. The van der Waals surface area contributed by atoms with E-state index < -0.39 is 0 Å². The van der Waals surface area contributed by atoms with Crippen molar-refractivity contribution in [2.24, 2.45) is 0 Å². The minimum Gasteiger partial charge on any atom is -0.497 e. The number of carbonyl (C=O) groups excluding carboxylic acids is 1. The van der Waals surface area contributed by atoms with Crippen LogP contribution in [-0.2, 0) is 13.0 Å². The number of nitrogens with zero attached hydrogens (tertiary/aromatic N) is 4. The molecule has 1 aliphatic heterocycles. The fraction of sp³-hybridized carbons (Fsp3) is 0.333. The lowest BCUT2D eigenvalue weighted by Crippen LogP contribution is -2.39. The van der Waals surface area contributed by atoms with Crippen LogP contribution in [0.1, 0.15) is 25.1 Å². The van der Waals surface area contributed by atoms with Crippen LogP contribution in [0.4, 0.5) is 10.5 Å². The summed E-state index contributed by atoms with van der Waals surface area (Å²) in [5.74, 6) is 2.30. The van der Waals surface area contributed by atoms with Gasteiger partial charge in [-0.15, -0.1) is 0 Å². The Labute approximate surface area is 192 Å². The van der Waals surface area contributed by atoms with Crippen LogP contribution < -0.4 is 19.5 Å². The second-order valence-electron chi connectivity index (χ2n) is 7.89. The van der Waals surface area contributed by atoms with E-state index in [0.717, 1.165) is 16.8 Å². The first kappa shape index (κ1) is 22.3. The van der Waals surface area contributed by atoms with Gasteiger partial charge in [0.25, 0.3) is 0 Å². The molecule has 0 unspecified atom stereocenters. The molecule has 1 aliphatic rings. The number of hydrogen-bond acceptors (Lipinski definition) is 7. The lowest BCUT2D eigenvalue weighted by atomic mass is 10.1. The highest BCUT2D eigenvalue weighted by Crippen LogP contribution is 2.30. The number of hydrogen-bond donors (Lipinski definition) is 1. The van der Waals surface area contributed by atoms with E-state index in [0.29, 0.717) is 48.4 Å². The number of amides is 2. The zero-order chi connectivity index (χ0) is 23.4. The third-order valence-electron chi connectivity index (χ3n) is 5.18. The monoisotopic (exact) mass is 449 g/mol. The van der Waals surface area contributed by atoms with E-state index in [-0.39, 0.29) is 12.1 Å². The molecular formula is C24H27N5O4. The van der Waals surface area contributed by atoms with Gasteiger partial charge in [-0.25, -0.2) is 9.78 Å². The predicted molar refractivity (Wildman–Crippen MR) is 124 cm³/mol. The van der Waals surface area contributed by atoms with Crippen LogP contribution >= 0.6 is 0 Å². The molecule has 0 saturated heterocycles. The summed E-state index contributed by atoms with van der Waals surface area (Å²) in [4.78, 5) is 28.3. The maximum atomic E-state index is 12.9. The van der Waals surface area contributed by atoms with E-state index in [4.69, 9.17) is 19.2 Å². The van der Waals surface area contributed by atoms with E-state index in [2.05, 4.69) is 15.3 Å². The maximum absolute atomic E-state index is 12.9. The first-order valence-electron chi connectivity index (χ1n) is 10.7. The molecule has 2 aromatic heterocycles. The van der Waals surface area contributed by atoms with Gasteiger partial charge in [0.1, 0.15) is 11.5 Å². The smallest absolute Gasteiger partial charge is 0.322 e. The number of pyridine rings is 1. The van der Waals surface area contributed by atoms with E-state index in [9.17, 15) is 4.79 Å². The Hall–Kier alpha value is -3.88. The van der Waals surface area contributed by atoms with Crippen LogP contribution in [0.2, 0.25) is 0 Å². The number of methoxy groups -OCH3 is 2. The first-order chi connectivity index (χ1) is 16.0. The van der Waals surface area contributed by atoms with Crippen LogP contribution in [-0.4, -0.2) is 52.8 Å². The third-order valence-corrected chi connectivity index (χ3v) is 5.18. The van der Waals surface area contributed by atoms with Gasteiger partial charge in [-0.2, -0.15) is 4.98 Å². The molecule has 1 aromatic carbocycles. The number of rotatable bonds is 6. The zero-order valence-electron chi connectivity index (χ0n) is 19.2. The van der Waals surface area contributed by atoms with Crippen molar-refractivity contribution in [3.8, 4) is 28.8 Å². The average Bonchev–Trinajstić information content (AvgIpc) is 2.83. The van der Waals surface area contributed by atoms with Crippen molar-refractivity contribution in [3.05, 3.63) is 54.0 Å². The summed E-state index contributed by atoms with van der Waals surface area (Å²) in [7, 11) is 3.18. The topological polar surface area (TPSA) is 98.7 Å². The van der Waals surface area contributed by atoms with Crippen molar-refractivity contribution >= 4 is 11.7 Å². The SMILES string of the molecule is COc1cccc(NC(=O)N2CCc3nc(-c4cncc(OC)c4)nc(OC(C)C)c3C2)c1. The molecule has 1 N–H and O–H groups in total. The molecule has 2 amide bonds. The van der Waals surface area contributed by atoms with Crippen LogP contribution in [0, 0.1) is 0 Å². The summed E-state index contributed by atoms with van der Waals surface area (Å²) in [6.07, 6.45) is 3.83. The van der Waals surface area contributed by atoms with Crippen LogP contribution in [0.25, 0.3) is 11.4 Å². The van der Waals surface area contributed by atoms with Gasteiger partial charge in [-0.3, -0.25) is 4.98 Å². The molecule has 0 aliphatic carbocycles. The zero-order valence-corrected chi connectivity index (χ0v) is 19.2. The quantitative estimate of drug-likeness (QED) is 0.609. The molecule has 3 aromatic rings. The van der Waals surface area contributed by atoms with E-state index >= 15 is 0 Å². The highest BCUT2D eigenvalue weighted by atomic mass is 16.5. The van der Waals surface area contributed by atoms with Crippen LogP contribution in [0.15, 0.2) is 42.7 Å². The number of aromatic nitrogens is 3. The van der Waals surface area contributed by atoms with Crippen molar-refractivity contribution in [1.29, 1.82) is 0 Å². The number of urea groups is 1. The first-order valence-corrected chi connectivity index (χ1v) is 10.7. The van der Waals surface area contributed by atoms with E-state index in [1.165, 1.54) is 0 Å². The number of carbonyl (C=O) groups is 1.